The minimum atomic E-state index is -2.55. The van der Waals surface area contributed by atoms with Crippen LogP contribution in [0.2, 0.25) is 0 Å². The van der Waals surface area contributed by atoms with Crippen LogP contribution in [-0.2, 0) is 10.8 Å². The topological polar surface area (TPSA) is 79.8 Å². The van der Waals surface area contributed by atoms with Crippen LogP contribution < -0.4 is 5.73 Å². The van der Waals surface area contributed by atoms with Gasteiger partial charge in [0, 0.05) is 23.3 Å². The van der Waals surface area contributed by atoms with E-state index in [1.807, 2.05) is 0 Å². The molecule has 0 fully saturated rings. The summed E-state index contributed by atoms with van der Waals surface area (Å²) < 4.78 is 35.4. The summed E-state index contributed by atoms with van der Waals surface area (Å²) in [6, 6.07) is 2.81. The first-order valence-electron chi connectivity index (χ1n) is 4.60. The third kappa shape index (κ3) is 5.36. The van der Waals surface area contributed by atoms with Gasteiger partial charge in [-0.25, -0.2) is 8.78 Å². The van der Waals surface area contributed by atoms with E-state index in [1.165, 1.54) is 18.5 Å². The lowest BCUT2D eigenvalue weighted by atomic mass is 10.2. The lowest BCUT2D eigenvalue weighted by molar-refractivity contribution is 0.146. The zero-order valence-corrected chi connectivity index (χ0v) is 10.2. The summed E-state index contributed by atoms with van der Waals surface area (Å²) in [7, 11) is -1.01. The van der Waals surface area contributed by atoms with Crippen LogP contribution in [0.15, 0.2) is 18.3 Å². The van der Waals surface area contributed by atoms with Crippen molar-refractivity contribution in [3.8, 4) is 6.19 Å². The van der Waals surface area contributed by atoms with Crippen LogP contribution >= 0.6 is 0 Å². The molecule has 94 valence electrons. The molecule has 0 spiro atoms. The maximum atomic E-state index is 12.1. The molecule has 0 aromatic carbocycles. The van der Waals surface area contributed by atoms with Gasteiger partial charge < -0.3 is 5.73 Å². The normalized spacial score (nSPS) is 13.2. The van der Waals surface area contributed by atoms with Gasteiger partial charge in [0.15, 0.2) is 6.19 Å². The monoisotopic (exact) mass is 261 g/mol. The lowest BCUT2D eigenvalue weighted by Crippen LogP contribution is -2.01. The van der Waals surface area contributed by atoms with E-state index in [0.29, 0.717) is 0 Å². The van der Waals surface area contributed by atoms with Crippen molar-refractivity contribution in [3.05, 3.63) is 29.6 Å². The molecule has 0 aliphatic heterocycles. The first-order chi connectivity index (χ1) is 7.93. The van der Waals surface area contributed by atoms with Crippen molar-refractivity contribution in [2.24, 2.45) is 5.73 Å². The molecule has 17 heavy (non-hydrogen) atoms. The Balaban J connectivity index is 0.000000770. The summed E-state index contributed by atoms with van der Waals surface area (Å²) in [4.78, 5) is 3.60. The second-order valence-corrected chi connectivity index (χ2v) is 4.79. The van der Waals surface area contributed by atoms with Gasteiger partial charge in [-0.1, -0.05) is 6.07 Å². The third-order valence-electron chi connectivity index (χ3n) is 2.00. The second-order valence-electron chi connectivity index (χ2n) is 3.09. The smallest absolute Gasteiger partial charge is 0.280 e. The van der Waals surface area contributed by atoms with Gasteiger partial charge in [0.25, 0.3) is 6.43 Å². The van der Waals surface area contributed by atoms with Crippen LogP contribution in [0.25, 0.3) is 0 Å². The number of pyridine rings is 1. The van der Waals surface area contributed by atoms with Gasteiger partial charge in [0.1, 0.15) is 5.69 Å². The van der Waals surface area contributed by atoms with Gasteiger partial charge >= 0.3 is 0 Å². The first kappa shape index (κ1) is 15.4. The Morgan fingerprint density at radius 3 is 2.35 bits per heavy atom. The van der Waals surface area contributed by atoms with Crippen molar-refractivity contribution < 1.29 is 13.0 Å². The fraction of sp³-hybridized carbons (Fsp3) is 0.400. The molecule has 0 saturated carbocycles. The number of hydrogen-bond acceptors (Lipinski definition) is 4. The average Bonchev–Trinajstić information content (AvgIpc) is 2.29. The number of halogens is 2. The molecule has 1 aromatic heterocycles. The standard InChI is InChI=1S/C9H11F2NOS.CH2N2/c1-6(14(2)13)7-3-4-8(9(10)11)12-5-7;2-1-3/h3-6,9H,1-2H3;2H2. The zero-order valence-electron chi connectivity index (χ0n) is 9.43. The molecule has 1 rings (SSSR count). The number of alkyl halides is 2. The van der Waals surface area contributed by atoms with E-state index in [9.17, 15) is 13.0 Å². The summed E-state index contributed by atoms with van der Waals surface area (Å²) >= 11 is 0. The number of nitrogens with two attached hydrogens (primary N) is 1. The average molecular weight is 261 g/mol. The minimum absolute atomic E-state index is 0.172. The highest BCUT2D eigenvalue weighted by molar-refractivity contribution is 7.84. The number of hydrogen-bond donors (Lipinski definition) is 1. The minimum Gasteiger partial charge on any atom is -0.337 e. The SMILES string of the molecule is CC(c1ccc(C(F)F)nc1)S(C)=O.N#CN. The molecular formula is C10H13F2N3OS. The number of rotatable bonds is 3. The summed E-state index contributed by atoms with van der Waals surface area (Å²) in [5.41, 5.74) is 4.62. The number of aromatic nitrogens is 1. The van der Waals surface area contributed by atoms with E-state index in [0.717, 1.165) is 5.56 Å². The Hall–Kier alpha value is -1.55. The van der Waals surface area contributed by atoms with Crippen LogP contribution in [0.1, 0.15) is 29.9 Å². The first-order valence-corrected chi connectivity index (χ1v) is 6.22. The molecule has 0 bridgehead atoms. The molecule has 0 aliphatic carbocycles. The summed E-state index contributed by atoms with van der Waals surface area (Å²) in [6.07, 6.45) is 1.63. The quantitative estimate of drug-likeness (QED) is 0.665. The fourth-order valence-electron chi connectivity index (χ4n) is 0.978. The number of nitriles is 1. The van der Waals surface area contributed by atoms with E-state index in [2.05, 4.69) is 10.7 Å². The van der Waals surface area contributed by atoms with E-state index >= 15 is 0 Å². The van der Waals surface area contributed by atoms with Gasteiger partial charge in [-0.2, -0.15) is 5.26 Å². The maximum Gasteiger partial charge on any atom is 0.280 e. The van der Waals surface area contributed by atoms with Gasteiger partial charge in [-0.05, 0) is 18.6 Å². The highest BCUT2D eigenvalue weighted by Gasteiger charge is 2.12. The van der Waals surface area contributed by atoms with E-state index in [1.54, 1.807) is 19.2 Å². The van der Waals surface area contributed by atoms with E-state index in [4.69, 9.17) is 5.26 Å². The Labute approximate surface area is 101 Å². The molecule has 2 atom stereocenters. The van der Waals surface area contributed by atoms with Crippen molar-refractivity contribution in [1.29, 1.82) is 5.26 Å². The van der Waals surface area contributed by atoms with Crippen molar-refractivity contribution in [2.45, 2.75) is 18.6 Å². The van der Waals surface area contributed by atoms with Crippen LogP contribution in [0, 0.1) is 11.5 Å². The molecular weight excluding hydrogens is 248 g/mol. The number of nitrogens with zero attached hydrogens (tertiary/aromatic N) is 2. The molecule has 2 N–H and O–H groups in total. The van der Waals surface area contributed by atoms with Crippen molar-refractivity contribution in [1.82, 2.24) is 4.98 Å². The fourth-order valence-corrected chi connectivity index (χ4v) is 1.50. The van der Waals surface area contributed by atoms with Gasteiger partial charge in [-0.3, -0.25) is 9.19 Å². The predicted octanol–water partition coefficient (Wildman–Crippen LogP) is 1.88. The molecule has 1 heterocycles. The second kappa shape index (κ2) is 7.68. The van der Waals surface area contributed by atoms with Crippen molar-refractivity contribution in [2.75, 3.05) is 6.26 Å². The highest BCUT2D eigenvalue weighted by atomic mass is 32.2. The third-order valence-corrected chi connectivity index (χ3v) is 3.27. The van der Waals surface area contributed by atoms with Crippen LogP contribution in [0.4, 0.5) is 8.78 Å². The zero-order chi connectivity index (χ0) is 13.4. The Morgan fingerprint density at radius 2 is 2.06 bits per heavy atom. The van der Waals surface area contributed by atoms with Gasteiger partial charge in [0.05, 0.1) is 5.25 Å². The molecule has 4 nitrogen and oxygen atoms in total. The molecule has 2 unspecified atom stereocenters. The largest absolute Gasteiger partial charge is 0.337 e. The van der Waals surface area contributed by atoms with Crippen molar-refractivity contribution in [3.63, 3.8) is 0 Å². The lowest BCUT2D eigenvalue weighted by Gasteiger charge is -2.08. The molecule has 0 saturated heterocycles. The van der Waals surface area contributed by atoms with Gasteiger partial charge in [0.2, 0.25) is 0 Å². The van der Waals surface area contributed by atoms with E-state index in [-0.39, 0.29) is 10.9 Å². The summed E-state index contributed by atoms with van der Waals surface area (Å²) in [5, 5.41) is 6.93. The Morgan fingerprint density at radius 1 is 1.53 bits per heavy atom. The summed E-state index contributed by atoms with van der Waals surface area (Å²) in [5.74, 6) is 0. The van der Waals surface area contributed by atoms with Gasteiger partial charge in [-0.15, -0.1) is 0 Å². The molecule has 7 heteroatoms. The van der Waals surface area contributed by atoms with E-state index < -0.39 is 17.2 Å². The van der Waals surface area contributed by atoms with Crippen LogP contribution in [0.3, 0.4) is 0 Å². The Bertz CT molecular complexity index is 403. The highest BCUT2D eigenvalue weighted by Crippen LogP contribution is 2.20. The van der Waals surface area contributed by atoms with Crippen LogP contribution in [0.5, 0.6) is 0 Å². The predicted molar refractivity (Wildman–Crippen MR) is 61.5 cm³/mol. The molecule has 0 radical (unpaired) electrons. The molecule has 0 amide bonds. The maximum absolute atomic E-state index is 12.1. The Kier molecular flexibility index (Phi) is 6.98. The summed E-state index contributed by atoms with van der Waals surface area (Å²) in [6.45, 7) is 1.77. The van der Waals surface area contributed by atoms with Crippen molar-refractivity contribution >= 4 is 10.8 Å². The molecule has 0 aliphatic rings. The molecule has 1 aromatic rings. The van der Waals surface area contributed by atoms with Crippen LogP contribution in [-0.4, -0.2) is 15.4 Å².